The molecule has 0 saturated carbocycles. The molecular formula is C15H19N3O3. The zero-order valence-electron chi connectivity index (χ0n) is 12.6. The molecule has 0 fully saturated rings. The van der Waals surface area contributed by atoms with Gasteiger partial charge in [-0.3, -0.25) is 0 Å². The molecule has 0 bridgehead atoms. The number of benzene rings is 1. The summed E-state index contributed by atoms with van der Waals surface area (Å²) in [6.45, 7) is 4.21. The van der Waals surface area contributed by atoms with Gasteiger partial charge in [0.15, 0.2) is 5.69 Å². The van der Waals surface area contributed by atoms with Crippen molar-refractivity contribution < 1.29 is 14.2 Å². The smallest absolute Gasteiger partial charge is 0.249 e. The van der Waals surface area contributed by atoms with Crippen molar-refractivity contribution in [1.82, 2.24) is 9.97 Å². The zero-order chi connectivity index (χ0) is 15.4. The van der Waals surface area contributed by atoms with Crippen LogP contribution in [0.2, 0.25) is 0 Å². The van der Waals surface area contributed by atoms with Crippen molar-refractivity contribution in [2.24, 2.45) is 0 Å². The highest BCUT2D eigenvalue weighted by molar-refractivity contribution is 5.57. The molecular weight excluding hydrogens is 270 g/mol. The predicted octanol–water partition coefficient (Wildman–Crippen LogP) is 2.99. The van der Waals surface area contributed by atoms with E-state index in [4.69, 9.17) is 19.9 Å². The van der Waals surface area contributed by atoms with Gasteiger partial charge in [-0.05, 0) is 17.5 Å². The van der Waals surface area contributed by atoms with E-state index in [1.54, 1.807) is 7.11 Å². The standard InChI is InChI=1S/C15H19N3O3/c1-9(2)11-6-5-10(7-12(11)19-3)21-15-13(16)14(20-4)17-8-18-15/h5-9H,16H2,1-4H3. The molecule has 1 heterocycles. The molecule has 2 N–H and O–H groups in total. The molecule has 0 unspecified atom stereocenters. The lowest BCUT2D eigenvalue weighted by Gasteiger charge is -2.14. The largest absolute Gasteiger partial charge is 0.496 e. The van der Waals surface area contributed by atoms with Crippen LogP contribution in [0.1, 0.15) is 25.3 Å². The van der Waals surface area contributed by atoms with E-state index in [-0.39, 0.29) is 17.4 Å². The molecule has 1 aromatic heterocycles. The van der Waals surface area contributed by atoms with Crippen molar-refractivity contribution in [3.63, 3.8) is 0 Å². The molecule has 0 aliphatic heterocycles. The third kappa shape index (κ3) is 3.16. The highest BCUT2D eigenvalue weighted by Crippen LogP contribution is 2.34. The summed E-state index contributed by atoms with van der Waals surface area (Å²) in [5.74, 6) is 2.25. The quantitative estimate of drug-likeness (QED) is 0.911. The minimum atomic E-state index is 0.251. The van der Waals surface area contributed by atoms with Crippen molar-refractivity contribution in [3.8, 4) is 23.3 Å². The number of rotatable bonds is 5. The maximum absolute atomic E-state index is 5.88. The van der Waals surface area contributed by atoms with Crippen LogP contribution >= 0.6 is 0 Å². The summed E-state index contributed by atoms with van der Waals surface area (Å²) in [4.78, 5) is 7.92. The van der Waals surface area contributed by atoms with Gasteiger partial charge in [-0.1, -0.05) is 19.9 Å². The number of hydrogen-bond donors (Lipinski definition) is 1. The van der Waals surface area contributed by atoms with E-state index in [1.165, 1.54) is 13.4 Å². The summed E-state index contributed by atoms with van der Waals surface area (Å²) in [6, 6.07) is 5.63. The first-order chi connectivity index (χ1) is 10.1. The summed E-state index contributed by atoms with van der Waals surface area (Å²) in [5.41, 5.74) is 7.25. The van der Waals surface area contributed by atoms with Gasteiger partial charge in [0, 0.05) is 6.07 Å². The number of nitrogen functional groups attached to an aromatic ring is 1. The third-order valence-electron chi connectivity index (χ3n) is 3.05. The molecule has 2 aromatic rings. The van der Waals surface area contributed by atoms with Crippen LogP contribution in [-0.4, -0.2) is 24.2 Å². The van der Waals surface area contributed by atoms with Crippen LogP contribution in [-0.2, 0) is 0 Å². The molecule has 0 spiro atoms. The van der Waals surface area contributed by atoms with Gasteiger partial charge in [0.25, 0.3) is 0 Å². The number of nitrogens with two attached hydrogens (primary N) is 1. The third-order valence-corrected chi connectivity index (χ3v) is 3.05. The number of hydrogen-bond acceptors (Lipinski definition) is 6. The number of nitrogens with zero attached hydrogens (tertiary/aromatic N) is 2. The Bertz CT molecular complexity index is 630. The fourth-order valence-corrected chi connectivity index (χ4v) is 1.95. The number of aromatic nitrogens is 2. The molecule has 0 radical (unpaired) electrons. The Hall–Kier alpha value is -2.50. The fourth-order valence-electron chi connectivity index (χ4n) is 1.95. The van der Waals surface area contributed by atoms with Crippen LogP contribution in [0.4, 0.5) is 5.69 Å². The van der Waals surface area contributed by atoms with Gasteiger partial charge >= 0.3 is 0 Å². The predicted molar refractivity (Wildman–Crippen MR) is 80.2 cm³/mol. The van der Waals surface area contributed by atoms with Gasteiger partial charge < -0.3 is 19.9 Å². The Kier molecular flexibility index (Phi) is 4.47. The Morgan fingerprint density at radius 3 is 2.38 bits per heavy atom. The Morgan fingerprint density at radius 2 is 1.76 bits per heavy atom. The van der Waals surface area contributed by atoms with Gasteiger partial charge in [-0.25, -0.2) is 0 Å². The monoisotopic (exact) mass is 289 g/mol. The van der Waals surface area contributed by atoms with Crippen molar-refractivity contribution in [2.45, 2.75) is 19.8 Å². The number of anilines is 1. The number of methoxy groups -OCH3 is 2. The second-order valence-corrected chi connectivity index (χ2v) is 4.76. The normalized spacial score (nSPS) is 10.5. The Balaban J connectivity index is 2.32. The second kappa shape index (κ2) is 6.30. The van der Waals surface area contributed by atoms with Crippen LogP contribution < -0.4 is 19.9 Å². The van der Waals surface area contributed by atoms with Crippen molar-refractivity contribution in [3.05, 3.63) is 30.1 Å². The lowest BCUT2D eigenvalue weighted by molar-refractivity contribution is 0.388. The van der Waals surface area contributed by atoms with Gasteiger partial charge in [-0.2, -0.15) is 9.97 Å². The van der Waals surface area contributed by atoms with E-state index in [0.717, 1.165) is 11.3 Å². The summed E-state index contributed by atoms with van der Waals surface area (Å²) >= 11 is 0. The topological polar surface area (TPSA) is 79.5 Å². The van der Waals surface area contributed by atoms with E-state index in [0.29, 0.717) is 11.7 Å². The summed E-state index contributed by atoms with van der Waals surface area (Å²) in [6.07, 6.45) is 1.34. The van der Waals surface area contributed by atoms with Gasteiger partial charge in [0.2, 0.25) is 11.8 Å². The van der Waals surface area contributed by atoms with Crippen molar-refractivity contribution in [2.75, 3.05) is 20.0 Å². The second-order valence-electron chi connectivity index (χ2n) is 4.76. The molecule has 21 heavy (non-hydrogen) atoms. The highest BCUT2D eigenvalue weighted by atomic mass is 16.5. The maximum atomic E-state index is 5.88. The molecule has 0 aliphatic carbocycles. The first-order valence-corrected chi connectivity index (χ1v) is 6.57. The van der Waals surface area contributed by atoms with Crippen LogP contribution in [0.5, 0.6) is 23.3 Å². The van der Waals surface area contributed by atoms with Crippen LogP contribution in [0.3, 0.4) is 0 Å². The summed E-state index contributed by atoms with van der Waals surface area (Å²) in [7, 11) is 3.12. The molecule has 1 aromatic carbocycles. The molecule has 0 atom stereocenters. The number of ether oxygens (including phenoxy) is 3. The molecule has 6 nitrogen and oxygen atoms in total. The van der Waals surface area contributed by atoms with E-state index in [1.807, 2.05) is 18.2 Å². The lowest BCUT2D eigenvalue weighted by Crippen LogP contribution is -2.01. The minimum absolute atomic E-state index is 0.251. The molecule has 112 valence electrons. The molecule has 0 saturated heterocycles. The molecule has 0 aliphatic rings. The molecule has 6 heteroatoms. The van der Waals surface area contributed by atoms with E-state index in [2.05, 4.69) is 23.8 Å². The fraction of sp³-hybridized carbons (Fsp3) is 0.333. The maximum Gasteiger partial charge on any atom is 0.249 e. The minimum Gasteiger partial charge on any atom is -0.496 e. The zero-order valence-corrected chi connectivity index (χ0v) is 12.6. The first-order valence-electron chi connectivity index (χ1n) is 6.57. The average Bonchev–Trinajstić information content (AvgIpc) is 2.49. The molecule has 2 rings (SSSR count). The summed E-state index contributed by atoms with van der Waals surface area (Å²) in [5, 5.41) is 0. The van der Waals surface area contributed by atoms with E-state index < -0.39 is 0 Å². The SMILES string of the molecule is COc1cc(Oc2ncnc(OC)c2N)ccc1C(C)C. The van der Waals surface area contributed by atoms with E-state index in [9.17, 15) is 0 Å². The van der Waals surface area contributed by atoms with Gasteiger partial charge in [-0.15, -0.1) is 0 Å². The summed E-state index contributed by atoms with van der Waals surface area (Å²) < 4.78 is 16.1. The highest BCUT2D eigenvalue weighted by Gasteiger charge is 2.13. The van der Waals surface area contributed by atoms with E-state index >= 15 is 0 Å². The average molecular weight is 289 g/mol. The molecule has 0 amide bonds. The first kappa shape index (κ1) is 14.9. The van der Waals surface area contributed by atoms with Crippen LogP contribution in [0.15, 0.2) is 24.5 Å². The van der Waals surface area contributed by atoms with Crippen LogP contribution in [0.25, 0.3) is 0 Å². The van der Waals surface area contributed by atoms with Crippen LogP contribution in [0, 0.1) is 0 Å². The van der Waals surface area contributed by atoms with Gasteiger partial charge in [0.05, 0.1) is 14.2 Å². The van der Waals surface area contributed by atoms with Crippen molar-refractivity contribution in [1.29, 1.82) is 0 Å². The lowest BCUT2D eigenvalue weighted by atomic mass is 10.0. The van der Waals surface area contributed by atoms with Gasteiger partial charge in [0.1, 0.15) is 17.8 Å². The Labute approximate surface area is 123 Å². The Morgan fingerprint density at radius 1 is 1.05 bits per heavy atom. The van der Waals surface area contributed by atoms with Crippen molar-refractivity contribution >= 4 is 5.69 Å².